The Labute approximate surface area is 159 Å². The molecule has 0 saturated carbocycles. The quantitative estimate of drug-likeness (QED) is 0.497. The van der Waals surface area contributed by atoms with E-state index in [-0.39, 0.29) is 11.5 Å². The second-order valence-electron chi connectivity index (χ2n) is 5.68. The molecule has 7 heteroatoms. The van der Waals surface area contributed by atoms with Crippen molar-refractivity contribution in [3.05, 3.63) is 64.3 Å². The van der Waals surface area contributed by atoms with Gasteiger partial charge in [-0.05, 0) is 37.3 Å². The van der Waals surface area contributed by atoms with Crippen LogP contribution in [0.1, 0.15) is 11.3 Å². The van der Waals surface area contributed by atoms with Gasteiger partial charge in [-0.1, -0.05) is 28.1 Å². The number of rotatable bonds is 4. The number of hydrogen-bond acceptors (Lipinski definition) is 6. The highest BCUT2D eigenvalue weighted by Gasteiger charge is 2.11. The summed E-state index contributed by atoms with van der Waals surface area (Å²) in [4.78, 5) is 8.88. The summed E-state index contributed by atoms with van der Waals surface area (Å²) in [6, 6.07) is 13.8. The van der Waals surface area contributed by atoms with Gasteiger partial charge in [0.2, 0.25) is 0 Å². The zero-order valence-corrected chi connectivity index (χ0v) is 15.8. The summed E-state index contributed by atoms with van der Waals surface area (Å²) >= 11 is 3.37. The molecule has 0 spiro atoms. The second-order valence-corrected chi connectivity index (χ2v) is 6.60. The van der Waals surface area contributed by atoms with E-state index >= 15 is 0 Å². The number of anilines is 1. The predicted molar refractivity (Wildman–Crippen MR) is 106 cm³/mol. The largest absolute Gasteiger partial charge is 0.507 e. The molecule has 26 heavy (non-hydrogen) atoms. The number of nitrogens with zero attached hydrogens (tertiary/aromatic N) is 4. The lowest BCUT2D eigenvalue weighted by Crippen LogP contribution is -2.12. The molecule has 3 rings (SSSR count). The Balaban J connectivity index is 1.93. The van der Waals surface area contributed by atoms with Gasteiger partial charge >= 0.3 is 0 Å². The number of benzene rings is 2. The van der Waals surface area contributed by atoms with Crippen molar-refractivity contribution in [1.82, 2.24) is 9.97 Å². The maximum Gasteiger partial charge on any atom is 0.165 e. The van der Waals surface area contributed by atoms with Crippen LogP contribution < -0.4 is 5.01 Å². The zero-order valence-electron chi connectivity index (χ0n) is 14.3. The molecule has 0 aliphatic carbocycles. The molecule has 6 nitrogen and oxygen atoms in total. The summed E-state index contributed by atoms with van der Waals surface area (Å²) in [6.45, 7) is 1.85. The van der Waals surface area contributed by atoms with Gasteiger partial charge in [0.05, 0.1) is 11.8 Å². The van der Waals surface area contributed by atoms with Crippen molar-refractivity contribution < 1.29 is 10.2 Å². The highest BCUT2D eigenvalue weighted by Crippen LogP contribution is 2.27. The van der Waals surface area contributed by atoms with Crippen molar-refractivity contribution in [3.63, 3.8) is 0 Å². The van der Waals surface area contributed by atoms with Crippen LogP contribution in [-0.4, -0.2) is 33.4 Å². The van der Waals surface area contributed by atoms with Crippen LogP contribution in [0.15, 0.2) is 58.1 Å². The standard InChI is InChI=1S/C19H17BrN4O2/c1-12-9-18(23-19(22-12)15-5-3-4-6-17(15)26)24(2)21-11-13-10-14(20)7-8-16(13)25/h3-11,25-26H,1-2H3/b21-11-. The van der Waals surface area contributed by atoms with Crippen LogP contribution in [0.3, 0.4) is 0 Å². The number of halogens is 1. The summed E-state index contributed by atoms with van der Waals surface area (Å²) in [6.07, 6.45) is 1.55. The maximum atomic E-state index is 10.0. The first-order valence-corrected chi connectivity index (χ1v) is 8.63. The van der Waals surface area contributed by atoms with Gasteiger partial charge in [0.1, 0.15) is 11.5 Å². The first kappa shape index (κ1) is 17.9. The molecule has 2 aromatic carbocycles. The molecule has 0 aliphatic heterocycles. The van der Waals surface area contributed by atoms with E-state index in [1.54, 1.807) is 60.7 Å². The zero-order chi connectivity index (χ0) is 18.7. The van der Waals surface area contributed by atoms with Crippen molar-refractivity contribution in [3.8, 4) is 22.9 Å². The van der Waals surface area contributed by atoms with Crippen molar-refractivity contribution in [2.24, 2.45) is 5.10 Å². The topological polar surface area (TPSA) is 81.8 Å². The van der Waals surface area contributed by atoms with Gasteiger partial charge in [-0.25, -0.2) is 9.97 Å². The first-order chi connectivity index (χ1) is 12.4. The average molecular weight is 413 g/mol. The number of para-hydroxylation sites is 1. The number of aromatic nitrogens is 2. The van der Waals surface area contributed by atoms with E-state index in [0.29, 0.717) is 22.8 Å². The number of hydrogen-bond donors (Lipinski definition) is 2. The van der Waals surface area contributed by atoms with Crippen molar-refractivity contribution >= 4 is 28.0 Å². The van der Waals surface area contributed by atoms with Gasteiger partial charge in [-0.2, -0.15) is 5.10 Å². The second kappa shape index (κ2) is 7.53. The number of phenolic OH excluding ortho intramolecular Hbond substituents is 2. The molecular weight excluding hydrogens is 396 g/mol. The molecule has 1 heterocycles. The summed E-state index contributed by atoms with van der Waals surface area (Å²) < 4.78 is 0.846. The van der Waals surface area contributed by atoms with E-state index in [9.17, 15) is 10.2 Å². The minimum atomic E-state index is 0.120. The molecule has 2 N–H and O–H groups in total. The fourth-order valence-electron chi connectivity index (χ4n) is 2.34. The molecular formula is C19H17BrN4O2. The Bertz CT molecular complexity index is 976. The molecule has 0 bridgehead atoms. The van der Waals surface area contributed by atoms with E-state index in [2.05, 4.69) is 31.0 Å². The summed E-state index contributed by atoms with van der Waals surface area (Å²) in [5, 5.41) is 25.9. The molecule has 0 unspecified atom stereocenters. The van der Waals surface area contributed by atoms with E-state index in [0.717, 1.165) is 10.2 Å². The third-order valence-electron chi connectivity index (χ3n) is 3.68. The van der Waals surface area contributed by atoms with Gasteiger partial charge in [-0.3, -0.25) is 5.01 Å². The van der Waals surface area contributed by atoms with Crippen LogP contribution in [0.2, 0.25) is 0 Å². The third kappa shape index (κ3) is 4.00. The minimum Gasteiger partial charge on any atom is -0.507 e. The van der Waals surface area contributed by atoms with E-state index in [4.69, 9.17) is 0 Å². The number of hydrazone groups is 1. The van der Waals surface area contributed by atoms with Crippen LogP contribution >= 0.6 is 15.9 Å². The fraction of sp³-hybridized carbons (Fsp3) is 0.105. The number of aromatic hydroxyl groups is 2. The summed E-state index contributed by atoms with van der Waals surface area (Å²) in [5.41, 5.74) is 1.89. The highest BCUT2D eigenvalue weighted by molar-refractivity contribution is 9.10. The summed E-state index contributed by atoms with van der Waals surface area (Å²) in [5.74, 6) is 1.25. The Morgan fingerprint density at radius 2 is 1.81 bits per heavy atom. The Hall–Kier alpha value is -2.93. The van der Waals surface area contributed by atoms with Gasteiger partial charge < -0.3 is 10.2 Å². The summed E-state index contributed by atoms with van der Waals surface area (Å²) in [7, 11) is 1.75. The fourth-order valence-corrected chi connectivity index (χ4v) is 2.72. The van der Waals surface area contributed by atoms with E-state index in [1.807, 2.05) is 13.0 Å². The molecule has 132 valence electrons. The Morgan fingerprint density at radius 3 is 2.58 bits per heavy atom. The van der Waals surface area contributed by atoms with Crippen molar-refractivity contribution in [1.29, 1.82) is 0 Å². The average Bonchev–Trinajstić information content (AvgIpc) is 2.62. The maximum absolute atomic E-state index is 10.0. The van der Waals surface area contributed by atoms with Gasteiger partial charge in [0.25, 0.3) is 0 Å². The molecule has 0 atom stereocenters. The van der Waals surface area contributed by atoms with Crippen LogP contribution in [0.5, 0.6) is 11.5 Å². The first-order valence-electron chi connectivity index (χ1n) is 7.84. The monoisotopic (exact) mass is 412 g/mol. The van der Waals surface area contributed by atoms with Crippen LogP contribution in [0.25, 0.3) is 11.4 Å². The van der Waals surface area contributed by atoms with Crippen molar-refractivity contribution in [2.45, 2.75) is 6.92 Å². The highest BCUT2D eigenvalue weighted by atomic mass is 79.9. The molecule has 1 aromatic heterocycles. The Kier molecular flexibility index (Phi) is 5.18. The van der Waals surface area contributed by atoms with E-state index in [1.165, 1.54) is 0 Å². The number of aryl methyl sites for hydroxylation is 1. The molecule has 0 radical (unpaired) electrons. The van der Waals surface area contributed by atoms with Crippen LogP contribution in [-0.2, 0) is 0 Å². The number of phenols is 2. The molecule has 0 saturated heterocycles. The van der Waals surface area contributed by atoms with Crippen LogP contribution in [0, 0.1) is 6.92 Å². The smallest absolute Gasteiger partial charge is 0.165 e. The van der Waals surface area contributed by atoms with Gasteiger partial charge in [0, 0.05) is 28.8 Å². The normalized spacial score (nSPS) is 11.0. The molecule has 3 aromatic rings. The lowest BCUT2D eigenvalue weighted by molar-refractivity contribution is 0.474. The SMILES string of the molecule is Cc1cc(N(C)/N=C\c2cc(Br)ccc2O)nc(-c2ccccc2O)n1. The lowest BCUT2D eigenvalue weighted by Gasteiger charge is -2.14. The molecule has 0 aliphatic rings. The van der Waals surface area contributed by atoms with Gasteiger partial charge in [0.15, 0.2) is 11.6 Å². The van der Waals surface area contributed by atoms with Gasteiger partial charge in [-0.15, -0.1) is 0 Å². The molecule has 0 amide bonds. The van der Waals surface area contributed by atoms with E-state index < -0.39 is 0 Å². The predicted octanol–water partition coefficient (Wildman–Crippen LogP) is 4.10. The molecule has 0 fully saturated rings. The van der Waals surface area contributed by atoms with Crippen molar-refractivity contribution in [2.75, 3.05) is 12.1 Å². The lowest BCUT2D eigenvalue weighted by atomic mass is 10.2. The Morgan fingerprint density at radius 1 is 1.04 bits per heavy atom. The van der Waals surface area contributed by atoms with Crippen LogP contribution in [0.4, 0.5) is 5.82 Å². The third-order valence-corrected chi connectivity index (χ3v) is 4.17. The minimum absolute atomic E-state index is 0.120.